The maximum atomic E-state index is 12.9. The molecule has 0 aliphatic carbocycles. The zero-order chi connectivity index (χ0) is 18.7. The predicted molar refractivity (Wildman–Crippen MR) is 102 cm³/mol. The predicted octanol–water partition coefficient (Wildman–Crippen LogP) is 2.82. The lowest BCUT2D eigenvalue weighted by Gasteiger charge is -2.13. The molecule has 0 unspecified atom stereocenters. The Morgan fingerprint density at radius 1 is 1.12 bits per heavy atom. The molecule has 1 aromatic carbocycles. The van der Waals surface area contributed by atoms with E-state index >= 15 is 0 Å². The number of halogens is 5. The summed E-state index contributed by atoms with van der Waals surface area (Å²) in [5, 5.41) is -4.66. The van der Waals surface area contributed by atoms with E-state index in [9.17, 15) is 26.8 Å². The molecule has 0 aliphatic heterocycles. The highest BCUT2D eigenvalue weighted by Gasteiger charge is 2.45. The highest BCUT2D eigenvalue weighted by atomic mass is 127. The molecular formula is C11H7F2I3O7S. The van der Waals surface area contributed by atoms with Gasteiger partial charge >= 0.3 is 27.3 Å². The summed E-state index contributed by atoms with van der Waals surface area (Å²) in [7, 11) is -5.72. The lowest BCUT2D eigenvalue weighted by Crippen LogP contribution is -2.35. The van der Waals surface area contributed by atoms with Crippen LogP contribution in [0.2, 0.25) is 0 Å². The summed E-state index contributed by atoms with van der Waals surface area (Å²) in [6.45, 7) is -1.91. The van der Waals surface area contributed by atoms with Crippen molar-refractivity contribution in [1.29, 1.82) is 0 Å². The fraction of sp³-hybridized carbons (Fsp3) is 0.273. The molecule has 24 heavy (non-hydrogen) atoms. The second-order valence-electron chi connectivity index (χ2n) is 4.12. The topological polar surface area (TPSA) is 107 Å². The van der Waals surface area contributed by atoms with E-state index in [0.717, 1.165) is 3.57 Å². The number of esters is 2. The van der Waals surface area contributed by atoms with E-state index in [1.807, 2.05) is 45.2 Å². The Hall–Kier alpha value is 0.120. The zero-order valence-corrected chi connectivity index (χ0v) is 18.6. The summed E-state index contributed by atoms with van der Waals surface area (Å²) in [5.74, 6) is -2.27. The monoisotopic (exact) mass is 702 g/mol. The molecular weight excluding hydrogens is 695 g/mol. The summed E-state index contributed by atoms with van der Waals surface area (Å²) < 4.78 is 65.8. The second kappa shape index (κ2) is 8.67. The van der Waals surface area contributed by atoms with E-state index in [0.29, 0.717) is 7.14 Å². The molecule has 13 heteroatoms. The van der Waals surface area contributed by atoms with Gasteiger partial charge in [0.2, 0.25) is 0 Å². The van der Waals surface area contributed by atoms with Gasteiger partial charge in [0, 0.05) is 3.57 Å². The number of ether oxygens (including phenoxy) is 2. The van der Waals surface area contributed by atoms with E-state index < -0.39 is 40.3 Å². The minimum absolute atomic E-state index is 0.206. The van der Waals surface area contributed by atoms with Crippen LogP contribution in [0.25, 0.3) is 0 Å². The first kappa shape index (κ1) is 22.2. The molecule has 0 aliphatic rings. The number of hydrogen-bond donors (Lipinski definition) is 1. The maximum Gasteiger partial charge on any atom is 0.402 e. The molecule has 0 saturated carbocycles. The van der Waals surface area contributed by atoms with Gasteiger partial charge in [0.1, 0.15) is 6.42 Å². The van der Waals surface area contributed by atoms with Gasteiger partial charge in [0.15, 0.2) is 12.4 Å². The molecule has 1 rings (SSSR count). The third-order valence-corrected chi connectivity index (χ3v) is 5.34. The Kier molecular flexibility index (Phi) is 8.01. The largest absolute Gasteiger partial charge is 0.457 e. The van der Waals surface area contributed by atoms with E-state index in [-0.39, 0.29) is 5.75 Å². The summed E-state index contributed by atoms with van der Waals surface area (Å²) in [5.41, 5.74) is 0. The highest BCUT2D eigenvalue weighted by Crippen LogP contribution is 2.30. The molecule has 134 valence electrons. The third kappa shape index (κ3) is 6.45. The SMILES string of the molecule is O=C(CC(=O)Oc1c(I)cc(I)cc1I)OCC(F)(F)S(=O)(=O)O. The lowest BCUT2D eigenvalue weighted by atomic mass is 10.3. The van der Waals surface area contributed by atoms with Crippen LogP contribution in [-0.2, 0) is 24.4 Å². The molecule has 7 nitrogen and oxygen atoms in total. The summed E-state index contributed by atoms with van der Waals surface area (Å²) in [6, 6.07) is 3.44. The molecule has 1 aromatic rings. The van der Waals surface area contributed by atoms with Crippen LogP contribution in [0.3, 0.4) is 0 Å². The summed E-state index contributed by atoms with van der Waals surface area (Å²) in [4.78, 5) is 23.0. The minimum Gasteiger partial charge on any atom is -0.457 e. The summed E-state index contributed by atoms with van der Waals surface area (Å²) in [6.07, 6.45) is -1.00. The van der Waals surface area contributed by atoms with Crippen molar-refractivity contribution in [3.05, 3.63) is 22.8 Å². The molecule has 0 aromatic heterocycles. The van der Waals surface area contributed by atoms with Crippen LogP contribution < -0.4 is 4.74 Å². The van der Waals surface area contributed by atoms with Crippen LogP contribution >= 0.6 is 67.8 Å². The first-order valence-electron chi connectivity index (χ1n) is 5.69. The van der Waals surface area contributed by atoms with Gasteiger partial charge in [0.25, 0.3) is 0 Å². The Morgan fingerprint density at radius 3 is 2.08 bits per heavy atom. The third-order valence-electron chi connectivity index (χ3n) is 2.25. The van der Waals surface area contributed by atoms with Gasteiger partial charge < -0.3 is 9.47 Å². The van der Waals surface area contributed by atoms with Crippen molar-refractivity contribution in [3.63, 3.8) is 0 Å². The molecule has 0 spiro atoms. The Labute approximate surface area is 176 Å². The smallest absolute Gasteiger partial charge is 0.402 e. The number of rotatable bonds is 6. The van der Waals surface area contributed by atoms with Crippen LogP contribution in [0, 0.1) is 10.7 Å². The number of carbonyl (C=O) groups excluding carboxylic acids is 2. The molecule has 0 bridgehead atoms. The van der Waals surface area contributed by atoms with Crippen LogP contribution in [0.1, 0.15) is 6.42 Å². The van der Waals surface area contributed by atoms with E-state index in [1.54, 1.807) is 12.1 Å². The molecule has 0 amide bonds. The second-order valence-corrected chi connectivity index (χ2v) is 9.24. The van der Waals surface area contributed by atoms with Gasteiger partial charge in [-0.1, -0.05) is 0 Å². The van der Waals surface area contributed by atoms with Crippen molar-refractivity contribution in [2.45, 2.75) is 11.7 Å². The lowest BCUT2D eigenvalue weighted by molar-refractivity contribution is -0.154. The van der Waals surface area contributed by atoms with Gasteiger partial charge in [-0.05, 0) is 79.9 Å². The van der Waals surface area contributed by atoms with Crippen molar-refractivity contribution in [2.75, 3.05) is 6.61 Å². The molecule has 0 heterocycles. The van der Waals surface area contributed by atoms with Crippen LogP contribution in [0.15, 0.2) is 12.1 Å². The summed E-state index contributed by atoms with van der Waals surface area (Å²) >= 11 is 5.90. The molecule has 0 atom stereocenters. The fourth-order valence-corrected chi connectivity index (χ4v) is 5.19. The number of hydrogen-bond acceptors (Lipinski definition) is 6. The molecule has 0 fully saturated rings. The standard InChI is InChI=1S/C11H7F2I3O7S/c12-11(13,24(19,20)21)4-22-8(17)3-9(18)23-10-6(15)1-5(14)2-7(10)16/h1-2H,3-4H2,(H,19,20,21). The quantitative estimate of drug-likeness (QED) is 0.160. The van der Waals surface area contributed by atoms with E-state index in [4.69, 9.17) is 9.29 Å². The van der Waals surface area contributed by atoms with Gasteiger partial charge in [0.05, 0.1) is 7.14 Å². The van der Waals surface area contributed by atoms with Crippen molar-refractivity contribution >= 4 is 89.8 Å². The van der Waals surface area contributed by atoms with Crippen molar-refractivity contribution in [1.82, 2.24) is 0 Å². The fourth-order valence-electron chi connectivity index (χ4n) is 1.18. The van der Waals surface area contributed by atoms with E-state index in [2.05, 4.69) is 27.3 Å². The Bertz CT molecular complexity index is 744. The van der Waals surface area contributed by atoms with Crippen LogP contribution in [-0.4, -0.2) is 36.8 Å². The molecule has 0 radical (unpaired) electrons. The van der Waals surface area contributed by atoms with Crippen LogP contribution in [0.5, 0.6) is 5.75 Å². The zero-order valence-electron chi connectivity index (χ0n) is 11.3. The average molecular weight is 702 g/mol. The van der Waals surface area contributed by atoms with Crippen molar-refractivity contribution in [3.8, 4) is 5.75 Å². The Balaban J connectivity index is 2.65. The molecule has 0 saturated heterocycles. The minimum atomic E-state index is -5.72. The number of alkyl halides is 2. The van der Waals surface area contributed by atoms with Crippen LogP contribution in [0.4, 0.5) is 8.78 Å². The highest BCUT2D eigenvalue weighted by molar-refractivity contribution is 14.1. The number of benzene rings is 1. The number of carbonyl (C=O) groups is 2. The first-order valence-corrected chi connectivity index (χ1v) is 10.4. The maximum absolute atomic E-state index is 12.9. The van der Waals surface area contributed by atoms with Gasteiger partial charge in [-0.2, -0.15) is 17.2 Å². The van der Waals surface area contributed by atoms with Crippen molar-refractivity contribution in [2.24, 2.45) is 0 Å². The van der Waals surface area contributed by atoms with E-state index in [1.165, 1.54) is 0 Å². The first-order chi connectivity index (χ1) is 10.8. The average Bonchev–Trinajstić information content (AvgIpc) is 2.39. The van der Waals surface area contributed by atoms with Crippen molar-refractivity contribution < 1.29 is 40.8 Å². The van der Waals surface area contributed by atoms with Gasteiger partial charge in [-0.3, -0.25) is 14.1 Å². The Morgan fingerprint density at radius 2 is 1.62 bits per heavy atom. The van der Waals surface area contributed by atoms with Gasteiger partial charge in [-0.15, -0.1) is 0 Å². The molecule has 1 N–H and O–H groups in total. The van der Waals surface area contributed by atoms with Gasteiger partial charge in [-0.25, -0.2) is 0 Å². The normalized spacial score (nSPS) is 11.9.